The summed E-state index contributed by atoms with van der Waals surface area (Å²) < 4.78 is 1.03. The highest BCUT2D eigenvalue weighted by molar-refractivity contribution is 9.10. The molecule has 0 radical (unpaired) electrons. The van der Waals surface area contributed by atoms with Crippen molar-refractivity contribution in [3.8, 4) is 0 Å². The number of para-hydroxylation sites is 1. The number of nitrogen functional groups attached to an aromatic ring is 1. The Morgan fingerprint density at radius 1 is 1.25 bits per heavy atom. The van der Waals surface area contributed by atoms with Gasteiger partial charge in [-0.05, 0) is 42.3 Å². The zero-order chi connectivity index (χ0) is 14.7. The fourth-order valence-corrected chi connectivity index (χ4v) is 2.42. The number of amides is 1. The number of carbonyl (C=O) groups excluding carboxylic acids is 1. The Morgan fingerprint density at radius 3 is 2.65 bits per heavy atom. The second-order valence-electron chi connectivity index (χ2n) is 4.41. The molecular formula is C15H16BrN3O. The highest BCUT2D eigenvalue weighted by Crippen LogP contribution is 2.29. The highest BCUT2D eigenvalue weighted by Gasteiger charge is 2.10. The number of nitrogens with two attached hydrogens (primary N) is 2. The Labute approximate surface area is 126 Å². The summed E-state index contributed by atoms with van der Waals surface area (Å²) in [6.45, 7) is 2.08. The van der Waals surface area contributed by atoms with Crippen molar-refractivity contribution in [3.05, 3.63) is 52.0 Å². The van der Waals surface area contributed by atoms with Crippen LogP contribution in [0.2, 0.25) is 0 Å². The fraction of sp³-hybridized carbons (Fsp3) is 0.133. The van der Waals surface area contributed by atoms with Crippen molar-refractivity contribution in [1.82, 2.24) is 0 Å². The molecule has 0 atom stereocenters. The third-order valence-corrected chi connectivity index (χ3v) is 3.58. The van der Waals surface area contributed by atoms with E-state index in [0.29, 0.717) is 16.9 Å². The van der Waals surface area contributed by atoms with Gasteiger partial charge in [0, 0.05) is 10.2 Å². The predicted octanol–water partition coefficient (Wildman–Crippen LogP) is 3.44. The zero-order valence-corrected chi connectivity index (χ0v) is 12.7. The van der Waals surface area contributed by atoms with Gasteiger partial charge in [-0.15, -0.1) is 0 Å². The summed E-state index contributed by atoms with van der Waals surface area (Å²) in [5, 5.41) is 3.26. The third kappa shape index (κ3) is 2.93. The van der Waals surface area contributed by atoms with Gasteiger partial charge in [0.25, 0.3) is 5.91 Å². The minimum atomic E-state index is -0.530. The molecule has 0 aliphatic heterocycles. The van der Waals surface area contributed by atoms with Crippen LogP contribution in [-0.4, -0.2) is 5.91 Å². The molecule has 0 saturated heterocycles. The molecule has 0 spiro atoms. The normalized spacial score (nSPS) is 10.3. The monoisotopic (exact) mass is 333 g/mol. The van der Waals surface area contributed by atoms with Crippen LogP contribution in [0.25, 0.3) is 0 Å². The van der Waals surface area contributed by atoms with E-state index in [1.807, 2.05) is 18.2 Å². The van der Waals surface area contributed by atoms with Crippen molar-refractivity contribution in [2.45, 2.75) is 13.3 Å². The van der Waals surface area contributed by atoms with E-state index in [2.05, 4.69) is 34.2 Å². The summed E-state index contributed by atoms with van der Waals surface area (Å²) >= 11 is 3.45. The molecule has 0 aliphatic carbocycles. The second-order valence-corrected chi connectivity index (χ2v) is 5.33. The Kier molecular flexibility index (Phi) is 4.29. The first-order chi connectivity index (χ1) is 9.52. The number of anilines is 3. The van der Waals surface area contributed by atoms with Gasteiger partial charge in [0.1, 0.15) is 0 Å². The molecule has 0 aliphatic rings. The van der Waals surface area contributed by atoms with Crippen molar-refractivity contribution in [1.29, 1.82) is 0 Å². The maximum absolute atomic E-state index is 11.3. The zero-order valence-electron chi connectivity index (χ0n) is 11.1. The number of hydrogen-bond donors (Lipinski definition) is 3. The standard InChI is InChI=1S/C15H16BrN3O/c1-2-9-8-10(16)6-7-12(9)19-13-5-3-4-11(14(13)17)15(18)20/h3-8,19H,2,17H2,1H3,(H2,18,20). The molecule has 0 bridgehead atoms. The summed E-state index contributed by atoms with van der Waals surface area (Å²) in [5.74, 6) is -0.530. The number of aryl methyl sites for hydroxylation is 1. The Bertz CT molecular complexity index is 656. The van der Waals surface area contributed by atoms with Gasteiger partial charge in [-0.1, -0.05) is 28.9 Å². The van der Waals surface area contributed by atoms with Gasteiger partial charge in [0.2, 0.25) is 0 Å². The van der Waals surface area contributed by atoms with Crippen molar-refractivity contribution < 1.29 is 4.79 Å². The van der Waals surface area contributed by atoms with Gasteiger partial charge in [0.15, 0.2) is 0 Å². The van der Waals surface area contributed by atoms with Crippen LogP contribution in [0.3, 0.4) is 0 Å². The lowest BCUT2D eigenvalue weighted by Gasteiger charge is -2.14. The molecule has 5 N–H and O–H groups in total. The molecule has 2 rings (SSSR count). The van der Waals surface area contributed by atoms with Crippen molar-refractivity contribution in [2.24, 2.45) is 5.73 Å². The topological polar surface area (TPSA) is 81.1 Å². The number of primary amides is 1. The van der Waals surface area contributed by atoms with E-state index in [9.17, 15) is 4.79 Å². The predicted molar refractivity (Wildman–Crippen MR) is 86.2 cm³/mol. The molecule has 0 fully saturated rings. The number of halogens is 1. The number of benzene rings is 2. The van der Waals surface area contributed by atoms with Crippen molar-refractivity contribution in [2.75, 3.05) is 11.1 Å². The SMILES string of the molecule is CCc1cc(Br)ccc1Nc1cccc(C(N)=O)c1N. The van der Waals surface area contributed by atoms with Crippen molar-refractivity contribution in [3.63, 3.8) is 0 Å². The van der Waals surface area contributed by atoms with Gasteiger partial charge in [-0.25, -0.2) is 0 Å². The van der Waals surface area contributed by atoms with Crippen LogP contribution in [0.15, 0.2) is 40.9 Å². The van der Waals surface area contributed by atoms with Gasteiger partial charge < -0.3 is 16.8 Å². The first-order valence-electron chi connectivity index (χ1n) is 6.26. The van der Waals surface area contributed by atoms with Crippen LogP contribution in [0.1, 0.15) is 22.8 Å². The quantitative estimate of drug-likeness (QED) is 0.749. The van der Waals surface area contributed by atoms with E-state index < -0.39 is 5.91 Å². The fourth-order valence-electron chi connectivity index (χ4n) is 2.01. The first kappa shape index (κ1) is 14.4. The highest BCUT2D eigenvalue weighted by atomic mass is 79.9. The Morgan fingerprint density at radius 2 is 2.00 bits per heavy atom. The van der Waals surface area contributed by atoms with Gasteiger partial charge in [-0.2, -0.15) is 0 Å². The minimum absolute atomic E-state index is 0.324. The van der Waals surface area contributed by atoms with E-state index in [-0.39, 0.29) is 0 Å². The molecule has 2 aromatic carbocycles. The molecule has 0 heterocycles. The van der Waals surface area contributed by atoms with E-state index >= 15 is 0 Å². The van der Waals surface area contributed by atoms with Crippen molar-refractivity contribution >= 4 is 38.9 Å². The largest absolute Gasteiger partial charge is 0.396 e. The molecule has 5 heteroatoms. The van der Waals surface area contributed by atoms with E-state index in [1.165, 1.54) is 0 Å². The van der Waals surface area contributed by atoms with Crippen LogP contribution >= 0.6 is 15.9 Å². The van der Waals surface area contributed by atoms with E-state index in [1.54, 1.807) is 12.1 Å². The summed E-state index contributed by atoms with van der Waals surface area (Å²) in [5.41, 5.74) is 14.8. The van der Waals surface area contributed by atoms with Crippen LogP contribution in [0, 0.1) is 0 Å². The second kappa shape index (κ2) is 5.96. The summed E-state index contributed by atoms with van der Waals surface area (Å²) in [6, 6.07) is 11.2. The summed E-state index contributed by atoms with van der Waals surface area (Å²) in [6.07, 6.45) is 0.886. The molecule has 2 aromatic rings. The lowest BCUT2D eigenvalue weighted by atomic mass is 10.1. The molecule has 0 aromatic heterocycles. The lowest BCUT2D eigenvalue weighted by Crippen LogP contribution is -2.14. The number of nitrogens with one attached hydrogen (secondary N) is 1. The molecule has 104 valence electrons. The minimum Gasteiger partial charge on any atom is -0.396 e. The summed E-state index contributed by atoms with van der Waals surface area (Å²) in [7, 11) is 0. The third-order valence-electron chi connectivity index (χ3n) is 3.09. The van der Waals surface area contributed by atoms with Crippen LogP contribution < -0.4 is 16.8 Å². The van der Waals surface area contributed by atoms with Gasteiger partial charge >= 0.3 is 0 Å². The van der Waals surface area contributed by atoms with Crippen LogP contribution in [-0.2, 0) is 6.42 Å². The molecule has 0 saturated carbocycles. The number of rotatable bonds is 4. The van der Waals surface area contributed by atoms with Gasteiger partial charge in [0.05, 0.1) is 16.9 Å². The molecule has 0 unspecified atom stereocenters. The average molecular weight is 334 g/mol. The summed E-state index contributed by atoms with van der Waals surface area (Å²) in [4.78, 5) is 11.3. The first-order valence-corrected chi connectivity index (χ1v) is 7.06. The smallest absolute Gasteiger partial charge is 0.250 e. The molecule has 1 amide bonds. The molecular weight excluding hydrogens is 318 g/mol. The maximum atomic E-state index is 11.3. The Hall–Kier alpha value is -2.01. The maximum Gasteiger partial charge on any atom is 0.250 e. The van der Waals surface area contributed by atoms with Gasteiger partial charge in [-0.3, -0.25) is 4.79 Å². The average Bonchev–Trinajstić information content (AvgIpc) is 2.42. The molecule has 4 nitrogen and oxygen atoms in total. The number of carbonyl (C=O) groups is 1. The number of hydrogen-bond acceptors (Lipinski definition) is 3. The van der Waals surface area contributed by atoms with E-state index in [0.717, 1.165) is 22.1 Å². The lowest BCUT2D eigenvalue weighted by molar-refractivity contribution is 0.100. The Balaban J connectivity index is 2.40. The van der Waals surface area contributed by atoms with Crippen LogP contribution in [0.5, 0.6) is 0 Å². The van der Waals surface area contributed by atoms with E-state index in [4.69, 9.17) is 11.5 Å². The molecule has 20 heavy (non-hydrogen) atoms. The van der Waals surface area contributed by atoms with Crippen LogP contribution in [0.4, 0.5) is 17.1 Å².